The van der Waals surface area contributed by atoms with Gasteiger partial charge in [-0.25, -0.2) is 4.39 Å². The molecule has 5 nitrogen and oxygen atoms in total. The molecular weight excluding hydrogens is 363 g/mol. The van der Waals surface area contributed by atoms with Crippen LogP contribution >= 0.6 is 0 Å². The molecule has 28 heavy (non-hydrogen) atoms. The van der Waals surface area contributed by atoms with Crippen LogP contribution in [0.3, 0.4) is 0 Å². The van der Waals surface area contributed by atoms with E-state index in [-0.39, 0.29) is 24.5 Å². The van der Waals surface area contributed by atoms with Gasteiger partial charge >= 0.3 is 0 Å². The molecule has 0 aromatic rings. The van der Waals surface area contributed by atoms with Crippen LogP contribution in [0.15, 0.2) is 23.8 Å². The maximum absolute atomic E-state index is 16.9. The number of aliphatic hydroxyl groups is 3. The Kier molecular flexibility index (Phi) is 4.15. The van der Waals surface area contributed by atoms with Crippen molar-refractivity contribution in [3.63, 3.8) is 0 Å². The van der Waals surface area contributed by atoms with Gasteiger partial charge in [0, 0.05) is 23.2 Å². The molecule has 3 N–H and O–H groups in total. The number of aliphatic hydroxyl groups excluding tert-OH is 2. The first-order valence-corrected chi connectivity index (χ1v) is 10.1. The van der Waals surface area contributed by atoms with Crippen molar-refractivity contribution >= 4 is 11.6 Å². The molecule has 0 aromatic heterocycles. The molecule has 0 spiro atoms. The highest BCUT2D eigenvalue weighted by atomic mass is 19.1. The molecule has 4 rings (SSSR count). The topological polar surface area (TPSA) is 94.8 Å². The van der Waals surface area contributed by atoms with E-state index in [1.165, 1.54) is 6.08 Å². The van der Waals surface area contributed by atoms with Gasteiger partial charge in [0.25, 0.3) is 0 Å². The summed E-state index contributed by atoms with van der Waals surface area (Å²) in [4.78, 5) is 24.4. The second-order valence-corrected chi connectivity index (χ2v) is 9.75. The minimum atomic E-state index is -1.98. The maximum atomic E-state index is 16.9. The van der Waals surface area contributed by atoms with Gasteiger partial charge in [-0.05, 0) is 44.1 Å². The summed E-state index contributed by atoms with van der Waals surface area (Å²) in [6, 6.07) is 0. The summed E-state index contributed by atoms with van der Waals surface area (Å²) >= 11 is 0. The van der Waals surface area contributed by atoms with Crippen LogP contribution in [0.1, 0.15) is 46.5 Å². The molecule has 154 valence electrons. The Morgan fingerprint density at radius 3 is 2.64 bits per heavy atom. The molecule has 0 aromatic carbocycles. The Hall–Kier alpha value is -1.37. The minimum absolute atomic E-state index is 0.0676. The van der Waals surface area contributed by atoms with Gasteiger partial charge < -0.3 is 15.3 Å². The number of allylic oxidation sites excluding steroid dienone is 4. The first-order valence-electron chi connectivity index (χ1n) is 10.1. The van der Waals surface area contributed by atoms with Crippen LogP contribution in [0.2, 0.25) is 0 Å². The van der Waals surface area contributed by atoms with Crippen molar-refractivity contribution in [2.45, 2.75) is 63.8 Å². The second-order valence-electron chi connectivity index (χ2n) is 9.75. The van der Waals surface area contributed by atoms with E-state index in [0.29, 0.717) is 18.4 Å². The summed E-state index contributed by atoms with van der Waals surface area (Å²) < 4.78 is 16.9. The predicted octanol–water partition coefficient (Wildman–Crippen LogP) is 1.90. The van der Waals surface area contributed by atoms with Crippen molar-refractivity contribution in [1.29, 1.82) is 0 Å². The monoisotopic (exact) mass is 392 g/mol. The van der Waals surface area contributed by atoms with E-state index in [9.17, 15) is 24.9 Å². The van der Waals surface area contributed by atoms with Crippen LogP contribution in [0.25, 0.3) is 0 Å². The summed E-state index contributed by atoms with van der Waals surface area (Å²) in [7, 11) is 0. The molecular formula is C22H29FO5. The fourth-order valence-electron chi connectivity index (χ4n) is 7.17. The number of alkyl halides is 1. The average Bonchev–Trinajstić information content (AvgIpc) is 2.84. The molecule has 0 bridgehead atoms. The van der Waals surface area contributed by atoms with Gasteiger partial charge in [0.1, 0.15) is 12.2 Å². The number of halogens is 1. The zero-order chi connectivity index (χ0) is 20.7. The number of hydrogen-bond donors (Lipinski definition) is 3. The van der Waals surface area contributed by atoms with Crippen LogP contribution < -0.4 is 0 Å². The molecule has 0 amide bonds. The van der Waals surface area contributed by atoms with Crippen molar-refractivity contribution in [3.05, 3.63) is 23.8 Å². The van der Waals surface area contributed by atoms with E-state index < -0.39 is 52.4 Å². The molecule has 4 aliphatic rings. The lowest BCUT2D eigenvalue weighted by Gasteiger charge is -2.62. The van der Waals surface area contributed by atoms with Gasteiger partial charge in [-0.3, -0.25) is 9.59 Å². The summed E-state index contributed by atoms with van der Waals surface area (Å²) in [6.45, 7) is 4.47. The third kappa shape index (κ3) is 2.01. The van der Waals surface area contributed by atoms with Gasteiger partial charge in [0.2, 0.25) is 0 Å². The van der Waals surface area contributed by atoms with Crippen molar-refractivity contribution in [2.24, 2.45) is 28.6 Å². The van der Waals surface area contributed by atoms with Crippen LogP contribution in [-0.4, -0.2) is 50.9 Å². The Bertz CT molecular complexity index is 805. The van der Waals surface area contributed by atoms with Crippen molar-refractivity contribution in [1.82, 2.24) is 0 Å². The van der Waals surface area contributed by atoms with Crippen molar-refractivity contribution < 1.29 is 29.3 Å². The molecule has 2 saturated carbocycles. The minimum Gasteiger partial charge on any atom is -0.390 e. The van der Waals surface area contributed by atoms with E-state index in [1.54, 1.807) is 26.8 Å². The predicted molar refractivity (Wildman–Crippen MR) is 99.9 cm³/mol. The quantitative estimate of drug-likeness (QED) is 0.624. The highest BCUT2D eigenvalue weighted by Gasteiger charge is 2.75. The maximum Gasteiger partial charge on any atom is 0.190 e. The molecule has 0 saturated heterocycles. The number of hydrogen-bond acceptors (Lipinski definition) is 5. The zero-order valence-electron chi connectivity index (χ0n) is 16.6. The molecule has 0 aliphatic heterocycles. The van der Waals surface area contributed by atoms with Gasteiger partial charge in [-0.15, -0.1) is 0 Å². The number of ketones is 2. The highest BCUT2D eigenvalue weighted by Crippen LogP contribution is 2.70. The Balaban J connectivity index is 1.85. The number of Topliss-reactive ketones (excluding diaryl/α,β-unsaturated/α-hetero) is 1. The fourth-order valence-corrected chi connectivity index (χ4v) is 7.17. The van der Waals surface area contributed by atoms with Crippen LogP contribution in [-0.2, 0) is 9.59 Å². The van der Waals surface area contributed by atoms with E-state index in [0.717, 1.165) is 0 Å². The second kappa shape index (κ2) is 5.83. The van der Waals surface area contributed by atoms with E-state index in [2.05, 4.69) is 0 Å². The molecule has 8 atom stereocenters. The lowest BCUT2D eigenvalue weighted by Crippen LogP contribution is -2.69. The average molecular weight is 392 g/mol. The fraction of sp³-hybridized carbons (Fsp3) is 0.727. The van der Waals surface area contributed by atoms with E-state index in [1.807, 2.05) is 6.08 Å². The van der Waals surface area contributed by atoms with Crippen molar-refractivity contribution in [2.75, 3.05) is 6.61 Å². The number of carbonyl (C=O) groups excluding carboxylic acids is 2. The van der Waals surface area contributed by atoms with Crippen LogP contribution in [0, 0.1) is 28.6 Å². The Morgan fingerprint density at radius 2 is 2.00 bits per heavy atom. The molecule has 4 aliphatic carbocycles. The molecule has 6 heteroatoms. The number of fused-ring (bicyclic) bond motifs is 5. The number of rotatable bonds is 2. The molecule has 2 fully saturated rings. The zero-order valence-corrected chi connectivity index (χ0v) is 16.6. The van der Waals surface area contributed by atoms with Gasteiger partial charge in [-0.1, -0.05) is 31.6 Å². The van der Waals surface area contributed by atoms with Gasteiger partial charge in [-0.2, -0.15) is 0 Å². The smallest absolute Gasteiger partial charge is 0.190 e. The standard InChI is InChI=1S/C22H29FO5/c1-12-8-16-15-5-4-13-9-14(25)6-7-19(13,2)21(15,23)17(26)10-20(16,3)22(12,28)18(27)11-24/h4,6-7,12,15-17,24,26,28H,5,8-11H2,1-3H3/t12?,15?,16?,17-,19-,20-,21?,22-/m0/s1. The summed E-state index contributed by atoms with van der Waals surface area (Å²) in [6.07, 6.45) is 4.41. The number of carbonyl (C=O) groups is 2. The highest BCUT2D eigenvalue weighted by molar-refractivity contribution is 5.93. The SMILES string of the molecule is CC1CC2C3CC=C4CC(=O)C=C[C@]4(C)C3(F)[C@@H](O)C[C@]2(C)[C@@]1(O)C(=O)CO. The van der Waals surface area contributed by atoms with Gasteiger partial charge in [0.15, 0.2) is 17.2 Å². The molecule has 0 heterocycles. The van der Waals surface area contributed by atoms with E-state index in [4.69, 9.17) is 0 Å². The summed E-state index contributed by atoms with van der Waals surface area (Å²) in [5, 5.41) is 32.0. The third-order valence-corrected chi connectivity index (χ3v) is 8.75. The first-order chi connectivity index (χ1) is 13.0. The third-order valence-electron chi connectivity index (χ3n) is 8.75. The van der Waals surface area contributed by atoms with Crippen molar-refractivity contribution in [3.8, 4) is 0 Å². The largest absolute Gasteiger partial charge is 0.390 e. The summed E-state index contributed by atoms with van der Waals surface area (Å²) in [5.41, 5.74) is -5.18. The Labute approximate surface area is 164 Å². The normalized spacial score (nSPS) is 52.5. The first kappa shape index (κ1) is 19.9. The lowest BCUT2D eigenvalue weighted by atomic mass is 9.45. The van der Waals surface area contributed by atoms with Crippen LogP contribution in [0.5, 0.6) is 0 Å². The van der Waals surface area contributed by atoms with Crippen LogP contribution in [0.4, 0.5) is 4.39 Å². The summed E-state index contributed by atoms with van der Waals surface area (Å²) in [5.74, 6) is -2.09. The van der Waals surface area contributed by atoms with Gasteiger partial charge in [0.05, 0.1) is 6.10 Å². The Morgan fingerprint density at radius 1 is 1.32 bits per heavy atom. The molecule has 4 unspecified atom stereocenters. The lowest BCUT2D eigenvalue weighted by molar-refractivity contribution is -0.215. The molecule has 0 radical (unpaired) electrons. The van der Waals surface area contributed by atoms with E-state index >= 15 is 4.39 Å².